The number of thioether (sulfide) groups is 1. The summed E-state index contributed by atoms with van der Waals surface area (Å²) in [7, 11) is 1.99. The van der Waals surface area contributed by atoms with Crippen molar-refractivity contribution in [2.75, 3.05) is 12.8 Å². The van der Waals surface area contributed by atoms with Gasteiger partial charge in [-0.1, -0.05) is 11.6 Å². The molecule has 1 aromatic heterocycles. The van der Waals surface area contributed by atoms with Crippen LogP contribution in [0.1, 0.15) is 5.69 Å². The summed E-state index contributed by atoms with van der Waals surface area (Å²) in [5, 5.41) is 4.12. The van der Waals surface area contributed by atoms with Crippen LogP contribution in [0.15, 0.2) is 52.0 Å². The topological polar surface area (TPSA) is 24.9 Å². The zero-order valence-corrected chi connectivity index (χ0v) is 14.3. The minimum absolute atomic E-state index is 0.393. The van der Waals surface area contributed by atoms with E-state index in [1.54, 1.807) is 0 Å². The molecule has 0 aliphatic heterocycles. The van der Waals surface area contributed by atoms with Crippen molar-refractivity contribution >= 4 is 39.3 Å². The van der Waals surface area contributed by atoms with Crippen LogP contribution in [-0.4, -0.2) is 23.8 Å². The third-order valence-corrected chi connectivity index (χ3v) is 4.81. The Morgan fingerprint density at radius 1 is 1.25 bits per heavy atom. The molecule has 0 amide bonds. The maximum Gasteiger partial charge on any atom is 0.0420 e. The minimum atomic E-state index is 0.393. The van der Waals surface area contributed by atoms with E-state index in [2.05, 4.69) is 44.4 Å². The van der Waals surface area contributed by atoms with Crippen molar-refractivity contribution in [1.29, 1.82) is 0 Å². The molecule has 0 saturated carbocycles. The molecule has 5 heteroatoms. The summed E-state index contributed by atoms with van der Waals surface area (Å²) in [5.41, 5.74) is 1.10. The molecule has 0 spiro atoms. The van der Waals surface area contributed by atoms with E-state index < -0.39 is 0 Å². The molecule has 1 unspecified atom stereocenters. The van der Waals surface area contributed by atoms with Crippen LogP contribution in [0.5, 0.6) is 0 Å². The third-order valence-electron chi connectivity index (χ3n) is 2.92. The molecular formula is C15H16BrClN2S. The van der Waals surface area contributed by atoms with Crippen molar-refractivity contribution in [2.24, 2.45) is 0 Å². The van der Waals surface area contributed by atoms with Gasteiger partial charge in [0.1, 0.15) is 0 Å². The Bertz CT molecular complexity index is 531. The van der Waals surface area contributed by atoms with E-state index >= 15 is 0 Å². The number of halogens is 2. The Hall–Kier alpha value is -0.550. The Balaban J connectivity index is 1.88. The maximum absolute atomic E-state index is 5.89. The van der Waals surface area contributed by atoms with Gasteiger partial charge in [0.25, 0.3) is 0 Å². The fraction of sp³-hybridized carbons (Fsp3) is 0.267. The number of rotatable bonds is 6. The first-order valence-electron chi connectivity index (χ1n) is 6.33. The number of likely N-dealkylation sites (N-methyl/N-ethyl adjacent to an activating group) is 1. The minimum Gasteiger partial charge on any atom is -0.316 e. The largest absolute Gasteiger partial charge is 0.316 e. The van der Waals surface area contributed by atoms with Crippen LogP contribution >= 0.6 is 39.3 Å². The van der Waals surface area contributed by atoms with E-state index in [1.807, 2.05) is 43.2 Å². The molecule has 2 aromatic rings. The second-order valence-electron chi connectivity index (χ2n) is 4.42. The molecule has 0 bridgehead atoms. The van der Waals surface area contributed by atoms with Gasteiger partial charge in [-0.05, 0) is 59.4 Å². The lowest BCUT2D eigenvalue weighted by Crippen LogP contribution is -2.30. The number of nitrogens with one attached hydrogen (secondary N) is 1. The van der Waals surface area contributed by atoms with Gasteiger partial charge in [0.2, 0.25) is 0 Å². The SMILES string of the molecule is CNC(CSc1ccc(Cl)cc1)Cc1ccc(Br)cn1. The molecule has 2 rings (SSSR count). The Morgan fingerprint density at radius 2 is 2.00 bits per heavy atom. The molecule has 106 valence electrons. The smallest absolute Gasteiger partial charge is 0.0420 e. The highest BCUT2D eigenvalue weighted by Crippen LogP contribution is 2.21. The summed E-state index contributed by atoms with van der Waals surface area (Å²) in [6.45, 7) is 0. The van der Waals surface area contributed by atoms with E-state index in [9.17, 15) is 0 Å². The van der Waals surface area contributed by atoms with Gasteiger partial charge < -0.3 is 5.32 Å². The lowest BCUT2D eigenvalue weighted by molar-refractivity contribution is 0.609. The highest BCUT2D eigenvalue weighted by Gasteiger charge is 2.09. The summed E-state index contributed by atoms with van der Waals surface area (Å²) in [6, 6.07) is 12.4. The van der Waals surface area contributed by atoms with Crippen molar-refractivity contribution in [3.63, 3.8) is 0 Å². The molecule has 0 saturated heterocycles. The lowest BCUT2D eigenvalue weighted by Gasteiger charge is -2.15. The van der Waals surface area contributed by atoms with E-state index in [-0.39, 0.29) is 0 Å². The number of pyridine rings is 1. The normalized spacial score (nSPS) is 12.3. The van der Waals surface area contributed by atoms with Crippen LogP contribution in [0, 0.1) is 0 Å². The Kier molecular flexibility index (Phi) is 6.36. The lowest BCUT2D eigenvalue weighted by atomic mass is 10.2. The van der Waals surface area contributed by atoms with Crippen molar-refractivity contribution in [3.8, 4) is 0 Å². The molecule has 0 aliphatic carbocycles. The first-order chi connectivity index (χ1) is 9.67. The molecule has 2 nitrogen and oxygen atoms in total. The quantitative estimate of drug-likeness (QED) is 0.761. The molecule has 0 fully saturated rings. The number of nitrogens with zero attached hydrogens (tertiary/aromatic N) is 1. The average Bonchev–Trinajstić information content (AvgIpc) is 2.47. The van der Waals surface area contributed by atoms with Crippen LogP contribution in [0.4, 0.5) is 0 Å². The van der Waals surface area contributed by atoms with Crippen LogP contribution in [0.3, 0.4) is 0 Å². The Morgan fingerprint density at radius 3 is 2.60 bits per heavy atom. The van der Waals surface area contributed by atoms with E-state index in [0.29, 0.717) is 6.04 Å². The van der Waals surface area contributed by atoms with E-state index in [0.717, 1.165) is 27.4 Å². The second kappa shape index (κ2) is 8.03. The highest BCUT2D eigenvalue weighted by atomic mass is 79.9. The molecule has 0 radical (unpaired) electrons. The number of hydrogen-bond acceptors (Lipinski definition) is 3. The zero-order chi connectivity index (χ0) is 14.4. The predicted octanol–water partition coefficient (Wildman–Crippen LogP) is 4.42. The first-order valence-corrected chi connectivity index (χ1v) is 8.49. The summed E-state index contributed by atoms with van der Waals surface area (Å²) < 4.78 is 1.01. The highest BCUT2D eigenvalue weighted by molar-refractivity contribution is 9.10. The van der Waals surface area contributed by atoms with Crippen molar-refractivity contribution in [3.05, 3.63) is 57.8 Å². The third kappa shape index (κ3) is 5.09. The van der Waals surface area contributed by atoms with Gasteiger partial charge in [-0.15, -0.1) is 11.8 Å². The molecule has 1 heterocycles. The number of aromatic nitrogens is 1. The fourth-order valence-corrected chi connectivity index (χ4v) is 3.12. The van der Waals surface area contributed by atoms with Gasteiger partial charge in [-0.25, -0.2) is 0 Å². The van der Waals surface area contributed by atoms with Crippen LogP contribution in [0.25, 0.3) is 0 Å². The zero-order valence-electron chi connectivity index (χ0n) is 11.1. The van der Waals surface area contributed by atoms with Gasteiger partial charge in [-0.3, -0.25) is 4.98 Å². The van der Waals surface area contributed by atoms with Gasteiger partial charge >= 0.3 is 0 Å². The second-order valence-corrected chi connectivity index (χ2v) is 6.87. The van der Waals surface area contributed by atoms with Crippen molar-refractivity contribution in [2.45, 2.75) is 17.4 Å². The van der Waals surface area contributed by atoms with Gasteiger partial charge in [0.05, 0.1) is 0 Å². The average molecular weight is 372 g/mol. The molecule has 1 aromatic carbocycles. The fourth-order valence-electron chi connectivity index (χ4n) is 1.75. The summed E-state index contributed by atoms with van der Waals surface area (Å²) in [6.07, 6.45) is 2.76. The van der Waals surface area contributed by atoms with Gasteiger partial charge in [-0.2, -0.15) is 0 Å². The standard InChI is InChI=1S/C15H16BrClN2S/c1-18-14(8-13-5-2-11(16)9-19-13)10-20-15-6-3-12(17)4-7-15/h2-7,9,14,18H,8,10H2,1H3. The molecule has 0 aliphatic rings. The number of benzene rings is 1. The van der Waals surface area contributed by atoms with E-state index in [1.165, 1.54) is 4.90 Å². The van der Waals surface area contributed by atoms with Crippen molar-refractivity contribution < 1.29 is 0 Å². The Labute approximate surface area is 137 Å². The molecule has 1 N–H and O–H groups in total. The van der Waals surface area contributed by atoms with Crippen LogP contribution in [0.2, 0.25) is 5.02 Å². The molecular weight excluding hydrogens is 356 g/mol. The molecule has 1 atom stereocenters. The monoisotopic (exact) mass is 370 g/mol. The maximum atomic E-state index is 5.89. The van der Waals surface area contributed by atoms with Gasteiger partial charge in [0.15, 0.2) is 0 Å². The number of hydrogen-bond donors (Lipinski definition) is 1. The molecule has 20 heavy (non-hydrogen) atoms. The summed E-state index contributed by atoms with van der Waals surface area (Å²) in [4.78, 5) is 5.65. The summed E-state index contributed by atoms with van der Waals surface area (Å²) in [5.74, 6) is 0.996. The predicted molar refractivity (Wildman–Crippen MR) is 90.7 cm³/mol. The van der Waals surface area contributed by atoms with Gasteiger partial charge in [0, 0.05) is 44.5 Å². The van der Waals surface area contributed by atoms with Crippen LogP contribution < -0.4 is 5.32 Å². The van der Waals surface area contributed by atoms with E-state index in [4.69, 9.17) is 11.6 Å². The summed E-state index contributed by atoms with van der Waals surface area (Å²) >= 11 is 11.1. The van der Waals surface area contributed by atoms with Crippen molar-refractivity contribution in [1.82, 2.24) is 10.3 Å². The van der Waals surface area contributed by atoms with Crippen LogP contribution in [-0.2, 0) is 6.42 Å². The first kappa shape index (κ1) is 15.8.